The van der Waals surface area contributed by atoms with Gasteiger partial charge in [-0.2, -0.15) is 4.98 Å². The third-order valence-corrected chi connectivity index (χ3v) is 1.82. The Kier molecular flexibility index (Phi) is 4.04. The Morgan fingerprint density at radius 3 is 3.00 bits per heavy atom. The van der Waals surface area contributed by atoms with Crippen molar-refractivity contribution in [3.8, 4) is 0 Å². The second kappa shape index (κ2) is 5.30. The number of hydrogen-bond donors (Lipinski definition) is 3. The van der Waals surface area contributed by atoms with Gasteiger partial charge in [-0.05, 0) is 13.8 Å². The predicted molar refractivity (Wildman–Crippen MR) is 53.4 cm³/mol. The summed E-state index contributed by atoms with van der Waals surface area (Å²) in [6.45, 7) is 4.15. The maximum atomic E-state index is 8.37. The van der Waals surface area contributed by atoms with Crippen molar-refractivity contribution in [3.63, 3.8) is 0 Å². The van der Waals surface area contributed by atoms with Gasteiger partial charge in [-0.15, -0.1) is 0 Å². The number of aryl methyl sites for hydroxylation is 1. The molecular formula is C8H15N5O2. The Balaban J connectivity index is 2.31. The molecule has 0 aliphatic carbocycles. The summed E-state index contributed by atoms with van der Waals surface area (Å²) in [6, 6.07) is 0.0770. The molecule has 0 radical (unpaired) electrons. The highest BCUT2D eigenvalue weighted by molar-refractivity contribution is 5.80. The van der Waals surface area contributed by atoms with Crippen LogP contribution in [-0.4, -0.2) is 27.2 Å². The van der Waals surface area contributed by atoms with E-state index in [1.165, 1.54) is 0 Å². The molecule has 1 heterocycles. The van der Waals surface area contributed by atoms with Gasteiger partial charge in [-0.25, -0.2) is 0 Å². The number of aromatic nitrogens is 2. The van der Waals surface area contributed by atoms with E-state index in [1.807, 2.05) is 6.92 Å². The average Bonchev–Trinajstić information content (AvgIpc) is 2.61. The van der Waals surface area contributed by atoms with Gasteiger partial charge < -0.3 is 20.8 Å². The van der Waals surface area contributed by atoms with Crippen LogP contribution in [-0.2, 0) is 6.54 Å². The highest BCUT2D eigenvalue weighted by atomic mass is 16.5. The van der Waals surface area contributed by atoms with Crippen LogP contribution in [0.3, 0.4) is 0 Å². The monoisotopic (exact) mass is 213 g/mol. The lowest BCUT2D eigenvalue weighted by atomic mass is 10.2. The Hall–Kier alpha value is -1.63. The van der Waals surface area contributed by atoms with E-state index in [0.29, 0.717) is 24.7 Å². The molecule has 7 heteroatoms. The van der Waals surface area contributed by atoms with Crippen LogP contribution < -0.4 is 11.1 Å². The molecule has 0 spiro atoms. The number of nitrogens with two attached hydrogens (primary N) is 1. The number of rotatable bonds is 5. The molecule has 0 aliphatic rings. The van der Waals surface area contributed by atoms with Crippen LogP contribution in [0.2, 0.25) is 0 Å². The van der Waals surface area contributed by atoms with Gasteiger partial charge in [-0.3, -0.25) is 0 Å². The van der Waals surface area contributed by atoms with E-state index in [-0.39, 0.29) is 11.9 Å². The average molecular weight is 213 g/mol. The van der Waals surface area contributed by atoms with Crippen LogP contribution in [0.1, 0.15) is 25.1 Å². The SMILES string of the molecule is Cc1noc(CNC(C)CC(N)=NO)n1. The van der Waals surface area contributed by atoms with Crippen LogP contribution in [0.25, 0.3) is 0 Å². The molecule has 0 aromatic carbocycles. The molecule has 0 saturated heterocycles. The molecule has 0 aliphatic heterocycles. The van der Waals surface area contributed by atoms with E-state index in [0.717, 1.165) is 0 Å². The smallest absolute Gasteiger partial charge is 0.240 e. The number of hydrogen-bond acceptors (Lipinski definition) is 6. The fourth-order valence-corrected chi connectivity index (χ4v) is 1.10. The van der Waals surface area contributed by atoms with Crippen molar-refractivity contribution in [1.29, 1.82) is 0 Å². The minimum Gasteiger partial charge on any atom is -0.409 e. The van der Waals surface area contributed by atoms with Gasteiger partial charge in [0.1, 0.15) is 5.84 Å². The highest BCUT2D eigenvalue weighted by Gasteiger charge is 2.07. The van der Waals surface area contributed by atoms with Gasteiger partial charge in [0.2, 0.25) is 5.89 Å². The fraction of sp³-hybridized carbons (Fsp3) is 0.625. The Bertz CT molecular complexity index is 336. The summed E-state index contributed by atoms with van der Waals surface area (Å²) in [6.07, 6.45) is 0.462. The number of nitrogens with one attached hydrogen (secondary N) is 1. The van der Waals surface area contributed by atoms with E-state index >= 15 is 0 Å². The lowest BCUT2D eigenvalue weighted by Crippen LogP contribution is -2.30. The van der Waals surface area contributed by atoms with Crippen molar-refractivity contribution in [2.24, 2.45) is 10.9 Å². The normalized spacial score (nSPS) is 14.1. The van der Waals surface area contributed by atoms with Crippen molar-refractivity contribution in [2.45, 2.75) is 32.9 Å². The summed E-state index contributed by atoms with van der Waals surface area (Å²) in [5.41, 5.74) is 5.36. The molecule has 1 aromatic heterocycles. The van der Waals surface area contributed by atoms with Crippen molar-refractivity contribution in [3.05, 3.63) is 11.7 Å². The van der Waals surface area contributed by atoms with Gasteiger partial charge in [0, 0.05) is 12.5 Å². The van der Waals surface area contributed by atoms with Gasteiger partial charge in [0.25, 0.3) is 0 Å². The quantitative estimate of drug-likeness (QED) is 0.275. The van der Waals surface area contributed by atoms with Crippen LogP contribution in [0.4, 0.5) is 0 Å². The fourth-order valence-electron chi connectivity index (χ4n) is 1.10. The minimum absolute atomic E-state index is 0.0770. The van der Waals surface area contributed by atoms with Gasteiger partial charge in [0.15, 0.2) is 5.82 Å². The Labute approximate surface area is 87.3 Å². The molecule has 1 unspecified atom stereocenters. The molecule has 0 bridgehead atoms. The van der Waals surface area contributed by atoms with E-state index in [9.17, 15) is 0 Å². The summed E-state index contributed by atoms with van der Waals surface area (Å²) in [5.74, 6) is 1.33. The highest BCUT2D eigenvalue weighted by Crippen LogP contribution is 1.97. The largest absolute Gasteiger partial charge is 0.409 e. The van der Waals surface area contributed by atoms with Crippen molar-refractivity contribution in [1.82, 2.24) is 15.5 Å². The third-order valence-electron chi connectivity index (χ3n) is 1.82. The topological polar surface area (TPSA) is 110 Å². The van der Waals surface area contributed by atoms with Crippen molar-refractivity contribution < 1.29 is 9.73 Å². The first-order valence-electron chi connectivity index (χ1n) is 4.60. The molecule has 4 N–H and O–H groups in total. The number of amidine groups is 1. The maximum Gasteiger partial charge on any atom is 0.240 e. The van der Waals surface area contributed by atoms with Crippen LogP contribution in [0.15, 0.2) is 9.68 Å². The Morgan fingerprint density at radius 1 is 1.73 bits per heavy atom. The summed E-state index contributed by atoms with van der Waals surface area (Å²) in [5, 5.41) is 18.0. The lowest BCUT2D eigenvalue weighted by Gasteiger charge is -2.10. The van der Waals surface area contributed by atoms with E-state index in [2.05, 4.69) is 20.6 Å². The van der Waals surface area contributed by atoms with Crippen LogP contribution in [0, 0.1) is 6.92 Å². The molecule has 1 rings (SSSR count). The molecule has 1 aromatic rings. The third kappa shape index (κ3) is 3.94. The van der Waals surface area contributed by atoms with Crippen molar-refractivity contribution in [2.75, 3.05) is 0 Å². The molecular weight excluding hydrogens is 198 g/mol. The molecule has 15 heavy (non-hydrogen) atoms. The van der Waals surface area contributed by atoms with Gasteiger partial charge >= 0.3 is 0 Å². The van der Waals surface area contributed by atoms with Crippen LogP contribution >= 0.6 is 0 Å². The molecule has 1 atom stereocenters. The molecule has 0 fully saturated rings. The molecule has 0 amide bonds. The second-order valence-corrected chi connectivity index (χ2v) is 3.31. The van der Waals surface area contributed by atoms with Gasteiger partial charge in [0.05, 0.1) is 6.54 Å². The number of nitrogens with zero attached hydrogens (tertiary/aromatic N) is 3. The minimum atomic E-state index is 0.0770. The second-order valence-electron chi connectivity index (χ2n) is 3.31. The first-order valence-corrected chi connectivity index (χ1v) is 4.60. The standard InChI is InChI=1S/C8H15N5O2/c1-5(3-7(9)12-14)10-4-8-11-6(2)13-15-8/h5,10,14H,3-4H2,1-2H3,(H2,9,12). The Morgan fingerprint density at radius 2 is 2.47 bits per heavy atom. The molecule has 84 valence electrons. The van der Waals surface area contributed by atoms with Crippen LogP contribution in [0.5, 0.6) is 0 Å². The first-order chi connectivity index (χ1) is 7.11. The van der Waals surface area contributed by atoms with Gasteiger partial charge in [-0.1, -0.05) is 10.3 Å². The summed E-state index contributed by atoms with van der Waals surface area (Å²) in [7, 11) is 0. The molecule has 7 nitrogen and oxygen atoms in total. The summed E-state index contributed by atoms with van der Waals surface area (Å²) >= 11 is 0. The zero-order valence-corrected chi connectivity index (χ0v) is 8.77. The maximum absolute atomic E-state index is 8.37. The number of oxime groups is 1. The van der Waals surface area contributed by atoms with E-state index in [4.69, 9.17) is 15.5 Å². The first kappa shape index (κ1) is 11.4. The predicted octanol–water partition coefficient (Wildman–Crippen LogP) is -0.00738. The van der Waals surface area contributed by atoms with Crippen molar-refractivity contribution >= 4 is 5.84 Å². The zero-order valence-electron chi connectivity index (χ0n) is 8.77. The lowest BCUT2D eigenvalue weighted by molar-refractivity contribution is 0.315. The van der Waals surface area contributed by atoms with E-state index in [1.54, 1.807) is 6.92 Å². The summed E-state index contributed by atoms with van der Waals surface area (Å²) < 4.78 is 4.91. The van der Waals surface area contributed by atoms with E-state index < -0.39 is 0 Å². The molecule has 0 saturated carbocycles. The zero-order chi connectivity index (χ0) is 11.3. The summed E-state index contributed by atoms with van der Waals surface area (Å²) in [4.78, 5) is 4.03.